The molecule has 0 radical (unpaired) electrons. The number of carboxylic acids is 1. The topological polar surface area (TPSA) is 114 Å². The second kappa shape index (κ2) is 7.14. The second-order valence-electron chi connectivity index (χ2n) is 7.25. The number of halogens is 1. The highest BCUT2D eigenvalue weighted by Gasteiger charge is 2.28. The zero-order valence-corrected chi connectivity index (χ0v) is 16.7. The van der Waals surface area contributed by atoms with Crippen molar-refractivity contribution in [3.8, 4) is 28.7 Å². The zero-order chi connectivity index (χ0) is 20.8. The van der Waals surface area contributed by atoms with E-state index in [0.717, 1.165) is 35.0 Å². The highest BCUT2D eigenvalue weighted by atomic mass is 35.5. The molecule has 5 rings (SSSR count). The van der Waals surface area contributed by atoms with Crippen LogP contribution in [0.15, 0.2) is 35.0 Å². The minimum atomic E-state index is -0.778. The Balaban J connectivity index is 1.49. The molecule has 0 aliphatic heterocycles. The Bertz CT molecular complexity index is 1280. The molecule has 0 bridgehead atoms. The Labute approximate surface area is 175 Å². The van der Waals surface area contributed by atoms with Crippen molar-refractivity contribution in [1.29, 1.82) is 0 Å². The summed E-state index contributed by atoms with van der Waals surface area (Å²) in [6.07, 6.45) is 3.39. The molecule has 1 aliphatic rings. The first-order chi connectivity index (χ1) is 14.5. The minimum absolute atomic E-state index is 0.0254. The number of fused-ring (bicyclic) bond motifs is 3. The van der Waals surface area contributed by atoms with Crippen LogP contribution in [-0.2, 0) is 11.2 Å². The maximum Gasteiger partial charge on any atom is 0.304 e. The van der Waals surface area contributed by atoms with Crippen molar-refractivity contribution >= 4 is 28.5 Å². The fourth-order valence-corrected chi connectivity index (χ4v) is 4.30. The number of hydrogen-bond donors (Lipinski definition) is 2. The quantitative estimate of drug-likeness (QED) is 0.486. The summed E-state index contributed by atoms with van der Waals surface area (Å²) in [5.74, 6) is 0.335. The summed E-state index contributed by atoms with van der Waals surface area (Å²) in [5.41, 5.74) is 4.59. The third-order valence-electron chi connectivity index (χ3n) is 5.44. The number of benzene rings is 1. The molecule has 1 aliphatic carbocycles. The molecular weight excluding hydrogens is 408 g/mol. The highest BCUT2D eigenvalue weighted by molar-refractivity contribution is 6.32. The largest absolute Gasteiger partial charge is 0.481 e. The van der Waals surface area contributed by atoms with Gasteiger partial charge in [0.2, 0.25) is 11.7 Å². The molecule has 4 aromatic rings. The molecule has 0 spiro atoms. The number of hydrogen-bond acceptors (Lipinski definition) is 6. The highest BCUT2D eigenvalue weighted by Crippen LogP contribution is 2.40. The number of ether oxygens (including phenoxy) is 1. The van der Waals surface area contributed by atoms with Gasteiger partial charge in [-0.05, 0) is 42.7 Å². The number of aryl methyl sites for hydroxylation is 1. The van der Waals surface area contributed by atoms with E-state index < -0.39 is 5.97 Å². The maximum absolute atomic E-state index is 11.1. The summed E-state index contributed by atoms with van der Waals surface area (Å²) in [7, 11) is 1.50. The first kappa shape index (κ1) is 18.6. The van der Waals surface area contributed by atoms with Crippen LogP contribution in [0.25, 0.3) is 33.7 Å². The molecule has 0 fully saturated rings. The van der Waals surface area contributed by atoms with Crippen molar-refractivity contribution in [2.45, 2.75) is 25.2 Å². The summed E-state index contributed by atoms with van der Waals surface area (Å²) >= 11 is 6.14. The lowest BCUT2D eigenvalue weighted by molar-refractivity contribution is -0.137. The van der Waals surface area contributed by atoms with E-state index in [1.54, 1.807) is 12.3 Å². The number of methoxy groups -OCH3 is 1. The molecule has 30 heavy (non-hydrogen) atoms. The number of carbonyl (C=O) groups is 1. The third-order valence-corrected chi connectivity index (χ3v) is 5.71. The average Bonchev–Trinajstić information content (AvgIpc) is 3.43. The van der Waals surface area contributed by atoms with Crippen LogP contribution in [0.1, 0.15) is 30.0 Å². The Kier molecular flexibility index (Phi) is 4.43. The molecular formula is C21H17ClN4O4. The summed E-state index contributed by atoms with van der Waals surface area (Å²) in [6.45, 7) is 0. The molecule has 9 heteroatoms. The number of rotatable bonds is 5. The molecule has 1 unspecified atom stereocenters. The predicted molar refractivity (Wildman–Crippen MR) is 110 cm³/mol. The van der Waals surface area contributed by atoms with Gasteiger partial charge >= 0.3 is 5.97 Å². The number of carboxylic acid groups (broad SMARTS) is 1. The van der Waals surface area contributed by atoms with Crippen LogP contribution in [0, 0.1) is 0 Å². The van der Waals surface area contributed by atoms with Gasteiger partial charge in [0.1, 0.15) is 5.02 Å². The molecule has 0 saturated heterocycles. The van der Waals surface area contributed by atoms with E-state index in [9.17, 15) is 4.79 Å². The van der Waals surface area contributed by atoms with Crippen molar-refractivity contribution in [2.75, 3.05) is 7.11 Å². The van der Waals surface area contributed by atoms with E-state index in [4.69, 9.17) is 26.0 Å². The molecule has 8 nitrogen and oxygen atoms in total. The third kappa shape index (κ3) is 3.09. The van der Waals surface area contributed by atoms with Crippen molar-refractivity contribution in [2.24, 2.45) is 0 Å². The molecule has 1 aromatic carbocycles. The Morgan fingerprint density at radius 3 is 3.00 bits per heavy atom. The van der Waals surface area contributed by atoms with E-state index >= 15 is 0 Å². The smallest absolute Gasteiger partial charge is 0.304 e. The lowest BCUT2D eigenvalue weighted by Crippen LogP contribution is -2.03. The van der Waals surface area contributed by atoms with Gasteiger partial charge in [-0.1, -0.05) is 16.8 Å². The van der Waals surface area contributed by atoms with Crippen LogP contribution in [0.4, 0.5) is 0 Å². The van der Waals surface area contributed by atoms with Crippen LogP contribution >= 0.6 is 11.6 Å². The van der Waals surface area contributed by atoms with Crippen molar-refractivity contribution in [3.05, 3.63) is 46.7 Å². The summed E-state index contributed by atoms with van der Waals surface area (Å²) in [4.78, 5) is 23.1. The summed E-state index contributed by atoms with van der Waals surface area (Å²) < 4.78 is 10.5. The van der Waals surface area contributed by atoms with Crippen LogP contribution in [0.3, 0.4) is 0 Å². The van der Waals surface area contributed by atoms with Crippen molar-refractivity contribution < 1.29 is 19.2 Å². The Hall–Kier alpha value is -3.39. The van der Waals surface area contributed by atoms with Gasteiger partial charge in [0.25, 0.3) is 5.89 Å². The number of H-pyrrole nitrogens is 1. The minimum Gasteiger partial charge on any atom is -0.481 e. The number of nitrogens with one attached hydrogen (secondary N) is 1. The second-order valence-corrected chi connectivity index (χ2v) is 7.66. The van der Waals surface area contributed by atoms with Gasteiger partial charge in [-0.25, -0.2) is 4.98 Å². The zero-order valence-electron chi connectivity index (χ0n) is 16.0. The van der Waals surface area contributed by atoms with E-state index in [1.807, 2.05) is 18.2 Å². The first-order valence-corrected chi connectivity index (χ1v) is 9.81. The van der Waals surface area contributed by atoms with Crippen LogP contribution in [-0.4, -0.2) is 38.3 Å². The Morgan fingerprint density at radius 2 is 2.23 bits per heavy atom. The van der Waals surface area contributed by atoms with E-state index in [2.05, 4.69) is 20.1 Å². The van der Waals surface area contributed by atoms with Crippen molar-refractivity contribution in [3.63, 3.8) is 0 Å². The molecule has 1 atom stereocenters. The molecule has 0 saturated carbocycles. The fourth-order valence-electron chi connectivity index (χ4n) is 4.05. The molecule has 152 valence electrons. The van der Waals surface area contributed by atoms with Gasteiger partial charge in [0.15, 0.2) is 0 Å². The lowest BCUT2D eigenvalue weighted by Gasteiger charge is -2.05. The molecule has 3 aromatic heterocycles. The lowest BCUT2D eigenvalue weighted by atomic mass is 10.0. The van der Waals surface area contributed by atoms with E-state index in [1.165, 1.54) is 12.7 Å². The normalized spacial score (nSPS) is 15.5. The number of aromatic nitrogens is 4. The van der Waals surface area contributed by atoms with Crippen LogP contribution in [0.5, 0.6) is 5.88 Å². The number of aliphatic carboxylic acids is 1. The molecule has 3 heterocycles. The number of nitrogens with zero attached hydrogens (tertiary/aromatic N) is 3. The molecule has 2 N–H and O–H groups in total. The van der Waals surface area contributed by atoms with Crippen molar-refractivity contribution in [1.82, 2.24) is 20.1 Å². The van der Waals surface area contributed by atoms with Crippen LogP contribution < -0.4 is 4.74 Å². The standard InChI is InChI=1S/C21H17ClN4O4/c1-29-21-15(22)7-12(9-23-21)20-25-19(26-30-20)11-3-5-16-14(6-11)13-4-2-10(8-17(27)28)18(13)24-16/h3,5-7,9-10,24H,2,4,8H2,1H3,(H,27,28). The van der Waals surface area contributed by atoms with Gasteiger partial charge in [-0.2, -0.15) is 4.98 Å². The summed E-state index contributed by atoms with van der Waals surface area (Å²) in [5, 5.41) is 14.7. The van der Waals surface area contributed by atoms with Gasteiger partial charge < -0.3 is 19.4 Å². The predicted octanol–water partition coefficient (Wildman–Crippen LogP) is 4.45. The van der Waals surface area contributed by atoms with E-state index in [-0.39, 0.29) is 12.3 Å². The Morgan fingerprint density at radius 1 is 1.37 bits per heavy atom. The SMILES string of the molecule is COc1ncc(-c2nc(-c3ccc4[nH]c5c(c4c3)CCC5CC(=O)O)no2)cc1Cl. The summed E-state index contributed by atoms with van der Waals surface area (Å²) in [6, 6.07) is 7.55. The van der Waals surface area contributed by atoms with Gasteiger partial charge in [0, 0.05) is 34.3 Å². The number of aromatic amines is 1. The van der Waals surface area contributed by atoms with Gasteiger partial charge in [-0.15, -0.1) is 0 Å². The maximum atomic E-state index is 11.1. The number of pyridine rings is 1. The fraction of sp³-hybridized carbons (Fsp3) is 0.238. The van der Waals surface area contributed by atoms with Crippen LogP contribution in [0.2, 0.25) is 5.02 Å². The van der Waals surface area contributed by atoms with Gasteiger partial charge in [0.05, 0.1) is 19.1 Å². The molecule has 0 amide bonds. The van der Waals surface area contributed by atoms with Gasteiger partial charge in [-0.3, -0.25) is 4.79 Å². The van der Waals surface area contributed by atoms with E-state index in [0.29, 0.717) is 28.2 Å². The first-order valence-electron chi connectivity index (χ1n) is 9.43. The average molecular weight is 425 g/mol. The monoisotopic (exact) mass is 424 g/mol.